The molecule has 29 heavy (non-hydrogen) atoms. The SMILES string of the molecule is COc1cccc(C2C(C(=O)c3cccs3)=C(O)C(=O)N2Cc2ccncc2)c1. The molecule has 3 aromatic rings. The lowest BCUT2D eigenvalue weighted by Crippen LogP contribution is -2.30. The van der Waals surface area contributed by atoms with Crippen molar-refractivity contribution in [3.63, 3.8) is 0 Å². The Morgan fingerprint density at radius 2 is 2.00 bits per heavy atom. The Hall–Kier alpha value is -3.45. The molecule has 1 amide bonds. The number of pyridine rings is 1. The van der Waals surface area contributed by atoms with E-state index in [1.165, 1.54) is 16.2 Å². The van der Waals surface area contributed by atoms with Crippen molar-refractivity contribution in [3.8, 4) is 5.75 Å². The number of methoxy groups -OCH3 is 1. The number of ketones is 1. The van der Waals surface area contributed by atoms with E-state index in [0.717, 1.165) is 5.56 Å². The largest absolute Gasteiger partial charge is 0.503 e. The third-order valence-electron chi connectivity index (χ3n) is 4.81. The van der Waals surface area contributed by atoms with E-state index in [-0.39, 0.29) is 17.9 Å². The third kappa shape index (κ3) is 3.52. The van der Waals surface area contributed by atoms with Crippen LogP contribution in [0, 0.1) is 0 Å². The quantitative estimate of drug-likeness (QED) is 0.628. The molecular formula is C22H18N2O4S. The number of aliphatic hydroxyl groups is 1. The van der Waals surface area contributed by atoms with Crippen LogP contribution in [0.25, 0.3) is 0 Å². The van der Waals surface area contributed by atoms with E-state index in [9.17, 15) is 14.7 Å². The highest BCUT2D eigenvalue weighted by Gasteiger charge is 2.44. The molecule has 0 saturated heterocycles. The topological polar surface area (TPSA) is 79.7 Å². The van der Waals surface area contributed by atoms with Gasteiger partial charge < -0.3 is 14.7 Å². The maximum absolute atomic E-state index is 13.2. The Labute approximate surface area is 171 Å². The summed E-state index contributed by atoms with van der Waals surface area (Å²) in [5, 5.41) is 12.5. The molecule has 0 bridgehead atoms. The van der Waals surface area contributed by atoms with E-state index >= 15 is 0 Å². The van der Waals surface area contributed by atoms with Crippen molar-refractivity contribution in [1.29, 1.82) is 0 Å². The maximum atomic E-state index is 13.2. The lowest BCUT2D eigenvalue weighted by molar-refractivity contribution is -0.130. The average molecular weight is 406 g/mol. The number of aromatic nitrogens is 1. The van der Waals surface area contributed by atoms with Gasteiger partial charge in [-0.25, -0.2) is 0 Å². The summed E-state index contributed by atoms with van der Waals surface area (Å²) in [4.78, 5) is 32.1. The number of Topliss-reactive ketones (excluding diaryl/α,β-unsaturated/α-hetero) is 1. The Balaban J connectivity index is 1.81. The van der Waals surface area contributed by atoms with Crippen LogP contribution in [-0.4, -0.2) is 33.8 Å². The van der Waals surface area contributed by atoms with Crippen LogP contribution < -0.4 is 4.74 Å². The van der Waals surface area contributed by atoms with Crippen LogP contribution in [-0.2, 0) is 11.3 Å². The van der Waals surface area contributed by atoms with Gasteiger partial charge in [0.2, 0.25) is 5.78 Å². The number of hydrogen-bond donors (Lipinski definition) is 1. The van der Waals surface area contributed by atoms with Gasteiger partial charge in [0, 0.05) is 18.9 Å². The molecule has 1 unspecified atom stereocenters. The van der Waals surface area contributed by atoms with Crippen LogP contribution >= 0.6 is 11.3 Å². The summed E-state index contributed by atoms with van der Waals surface area (Å²) < 4.78 is 5.32. The second-order valence-corrected chi connectivity index (χ2v) is 7.48. The van der Waals surface area contributed by atoms with Gasteiger partial charge >= 0.3 is 0 Å². The van der Waals surface area contributed by atoms with Gasteiger partial charge in [0.25, 0.3) is 5.91 Å². The molecule has 0 saturated carbocycles. The van der Waals surface area contributed by atoms with E-state index in [2.05, 4.69) is 4.98 Å². The van der Waals surface area contributed by atoms with Crippen LogP contribution in [0.1, 0.15) is 26.8 Å². The zero-order chi connectivity index (χ0) is 20.4. The lowest BCUT2D eigenvalue weighted by atomic mass is 9.95. The molecule has 3 heterocycles. The Kier molecular flexibility index (Phi) is 5.14. The molecule has 0 radical (unpaired) electrons. The molecule has 7 heteroatoms. The first-order chi connectivity index (χ1) is 14.1. The van der Waals surface area contributed by atoms with Crippen molar-refractivity contribution in [1.82, 2.24) is 9.88 Å². The lowest BCUT2D eigenvalue weighted by Gasteiger charge is -2.27. The summed E-state index contributed by atoms with van der Waals surface area (Å²) in [7, 11) is 1.55. The molecule has 4 rings (SSSR count). The van der Waals surface area contributed by atoms with Crippen molar-refractivity contribution in [2.45, 2.75) is 12.6 Å². The van der Waals surface area contributed by atoms with Crippen molar-refractivity contribution in [2.24, 2.45) is 0 Å². The second kappa shape index (κ2) is 7.89. The highest BCUT2D eigenvalue weighted by Crippen LogP contribution is 2.41. The third-order valence-corrected chi connectivity index (χ3v) is 5.67. The number of benzene rings is 1. The molecular weight excluding hydrogens is 388 g/mol. The number of ether oxygens (including phenoxy) is 1. The first-order valence-corrected chi connectivity index (χ1v) is 9.83. The molecule has 1 atom stereocenters. The van der Waals surface area contributed by atoms with Crippen LogP contribution in [0.4, 0.5) is 0 Å². The molecule has 1 aliphatic heterocycles. The fourth-order valence-corrected chi connectivity index (χ4v) is 4.11. The minimum atomic E-state index is -0.722. The van der Waals surface area contributed by atoms with Gasteiger partial charge in [-0.1, -0.05) is 18.2 Å². The first kappa shape index (κ1) is 18.9. The van der Waals surface area contributed by atoms with E-state index in [1.807, 2.05) is 6.07 Å². The van der Waals surface area contributed by atoms with E-state index in [0.29, 0.717) is 16.2 Å². The first-order valence-electron chi connectivity index (χ1n) is 8.95. The van der Waals surface area contributed by atoms with Crippen molar-refractivity contribution in [2.75, 3.05) is 7.11 Å². The van der Waals surface area contributed by atoms with Crippen LogP contribution in [0.3, 0.4) is 0 Å². The zero-order valence-electron chi connectivity index (χ0n) is 15.6. The average Bonchev–Trinajstić information content (AvgIpc) is 3.37. The molecule has 1 aromatic carbocycles. The maximum Gasteiger partial charge on any atom is 0.290 e. The van der Waals surface area contributed by atoms with Gasteiger partial charge in [0.15, 0.2) is 5.76 Å². The summed E-state index contributed by atoms with van der Waals surface area (Å²) >= 11 is 1.27. The summed E-state index contributed by atoms with van der Waals surface area (Å²) in [6.45, 7) is 0.231. The number of thiophene rings is 1. The Morgan fingerprint density at radius 1 is 1.21 bits per heavy atom. The molecule has 0 spiro atoms. The predicted molar refractivity (Wildman–Crippen MR) is 109 cm³/mol. The normalized spacial score (nSPS) is 16.4. The van der Waals surface area contributed by atoms with Gasteiger partial charge in [-0.2, -0.15) is 0 Å². The van der Waals surface area contributed by atoms with Crippen LogP contribution in [0.15, 0.2) is 77.6 Å². The minimum Gasteiger partial charge on any atom is -0.503 e. The number of aliphatic hydroxyl groups excluding tert-OH is 1. The van der Waals surface area contributed by atoms with Gasteiger partial charge in [0.1, 0.15) is 5.75 Å². The van der Waals surface area contributed by atoms with Gasteiger partial charge in [-0.3, -0.25) is 14.6 Å². The van der Waals surface area contributed by atoms with Crippen LogP contribution in [0.2, 0.25) is 0 Å². The van der Waals surface area contributed by atoms with E-state index < -0.39 is 17.7 Å². The number of rotatable bonds is 6. The molecule has 6 nitrogen and oxygen atoms in total. The molecule has 2 aromatic heterocycles. The van der Waals surface area contributed by atoms with Gasteiger partial charge in [0.05, 0.1) is 23.6 Å². The fraction of sp³-hybridized carbons (Fsp3) is 0.136. The monoisotopic (exact) mass is 406 g/mol. The standard InChI is InChI=1S/C22H18N2O4S/c1-28-16-5-2-4-15(12-16)19-18(20(25)17-6-3-11-29-17)21(26)22(27)24(19)13-14-7-9-23-10-8-14/h2-12,19,26H,13H2,1H3. The van der Waals surface area contributed by atoms with E-state index in [4.69, 9.17) is 4.74 Å². The summed E-state index contributed by atoms with van der Waals surface area (Å²) in [6, 6.07) is 13.5. The van der Waals surface area contributed by atoms with Crippen molar-refractivity contribution < 1.29 is 19.4 Å². The smallest absolute Gasteiger partial charge is 0.290 e. The number of nitrogens with zero attached hydrogens (tertiary/aromatic N) is 2. The van der Waals surface area contributed by atoms with Crippen molar-refractivity contribution >= 4 is 23.0 Å². The molecule has 1 N–H and O–H groups in total. The highest BCUT2D eigenvalue weighted by atomic mass is 32.1. The zero-order valence-corrected chi connectivity index (χ0v) is 16.4. The number of amides is 1. The van der Waals surface area contributed by atoms with Crippen LogP contribution in [0.5, 0.6) is 5.75 Å². The second-order valence-electron chi connectivity index (χ2n) is 6.54. The number of carbonyl (C=O) groups is 2. The minimum absolute atomic E-state index is 0.0831. The summed E-state index contributed by atoms with van der Waals surface area (Å²) in [6.07, 6.45) is 3.28. The number of hydrogen-bond acceptors (Lipinski definition) is 6. The molecule has 1 aliphatic rings. The Bertz CT molecular complexity index is 1080. The van der Waals surface area contributed by atoms with Gasteiger partial charge in [-0.15, -0.1) is 11.3 Å². The summed E-state index contributed by atoms with van der Waals surface area (Å²) in [5.41, 5.74) is 1.62. The molecule has 0 fully saturated rings. The highest BCUT2D eigenvalue weighted by molar-refractivity contribution is 7.12. The van der Waals surface area contributed by atoms with Crippen molar-refractivity contribution in [3.05, 3.63) is 93.6 Å². The summed E-state index contributed by atoms with van der Waals surface area (Å²) in [5.74, 6) is -0.830. The van der Waals surface area contributed by atoms with E-state index in [1.54, 1.807) is 67.3 Å². The predicted octanol–water partition coefficient (Wildman–Crippen LogP) is 3.93. The number of carbonyl (C=O) groups excluding carboxylic acids is 2. The Morgan fingerprint density at radius 3 is 2.69 bits per heavy atom. The fourth-order valence-electron chi connectivity index (χ4n) is 3.43. The molecule has 0 aliphatic carbocycles. The molecule has 146 valence electrons. The van der Waals surface area contributed by atoms with Gasteiger partial charge in [-0.05, 0) is 46.8 Å².